The van der Waals surface area contributed by atoms with Crippen molar-refractivity contribution in [3.8, 4) is 0 Å². The van der Waals surface area contributed by atoms with Gasteiger partial charge in [-0.1, -0.05) is 6.07 Å². The minimum absolute atomic E-state index is 0.772. The Morgan fingerprint density at radius 2 is 2.07 bits per heavy atom. The van der Waals surface area contributed by atoms with E-state index in [1.165, 1.54) is 5.56 Å². The van der Waals surface area contributed by atoms with E-state index in [-0.39, 0.29) is 0 Å². The molecule has 2 nitrogen and oxygen atoms in total. The van der Waals surface area contributed by atoms with Crippen molar-refractivity contribution in [3.63, 3.8) is 0 Å². The third-order valence-corrected chi connectivity index (χ3v) is 3.82. The molecule has 1 rings (SSSR count). The van der Waals surface area contributed by atoms with Gasteiger partial charge in [-0.15, -0.1) is 0 Å². The molecule has 1 aromatic rings. The third-order valence-electron chi connectivity index (χ3n) is 1.94. The number of hydrogen-bond acceptors (Lipinski definition) is 2. The molecule has 0 aromatic heterocycles. The highest BCUT2D eigenvalue weighted by molar-refractivity contribution is 9.13. The highest BCUT2D eigenvalue weighted by Gasteiger charge is 1.98. The Morgan fingerprint density at radius 3 is 2.73 bits per heavy atom. The summed E-state index contributed by atoms with van der Waals surface area (Å²) in [5.74, 6) is 0. The smallest absolute Gasteiger partial charge is 0.0590 e. The molecule has 15 heavy (non-hydrogen) atoms. The molecule has 1 N–H and O–H groups in total. The zero-order chi connectivity index (χ0) is 11.1. The first-order chi connectivity index (χ1) is 7.24. The van der Waals surface area contributed by atoms with Crippen LogP contribution in [0.5, 0.6) is 0 Å². The lowest BCUT2D eigenvalue weighted by molar-refractivity contribution is 0.149. The van der Waals surface area contributed by atoms with Gasteiger partial charge in [0.05, 0.1) is 6.61 Å². The summed E-state index contributed by atoms with van der Waals surface area (Å²) in [6.07, 6.45) is 0. The van der Waals surface area contributed by atoms with E-state index in [4.69, 9.17) is 4.74 Å². The summed E-state index contributed by atoms with van der Waals surface area (Å²) >= 11 is 6.92. The molecule has 0 aliphatic carbocycles. The molecule has 0 fully saturated rings. The van der Waals surface area contributed by atoms with Gasteiger partial charge in [0.25, 0.3) is 0 Å². The molecule has 4 heteroatoms. The fourth-order valence-electron chi connectivity index (χ4n) is 1.17. The van der Waals surface area contributed by atoms with Gasteiger partial charge in [-0.05, 0) is 56.5 Å². The Morgan fingerprint density at radius 1 is 1.27 bits per heavy atom. The van der Waals surface area contributed by atoms with Crippen LogP contribution in [-0.2, 0) is 11.3 Å². The molecule has 84 valence electrons. The fourth-order valence-corrected chi connectivity index (χ4v) is 1.84. The van der Waals surface area contributed by atoms with Crippen LogP contribution in [0.15, 0.2) is 27.1 Å². The molecule has 0 amide bonds. The van der Waals surface area contributed by atoms with Gasteiger partial charge in [0.15, 0.2) is 0 Å². The van der Waals surface area contributed by atoms with Gasteiger partial charge in [0, 0.05) is 28.6 Å². The summed E-state index contributed by atoms with van der Waals surface area (Å²) in [6, 6.07) is 6.25. The zero-order valence-electron chi connectivity index (χ0n) is 8.72. The van der Waals surface area contributed by atoms with Crippen molar-refractivity contribution < 1.29 is 4.74 Å². The molecular weight excluding hydrogens is 322 g/mol. The number of rotatable bonds is 6. The first-order valence-corrected chi connectivity index (χ1v) is 6.55. The van der Waals surface area contributed by atoms with Crippen molar-refractivity contribution >= 4 is 31.9 Å². The van der Waals surface area contributed by atoms with E-state index < -0.39 is 0 Å². The molecule has 0 unspecified atom stereocenters. The highest BCUT2D eigenvalue weighted by atomic mass is 79.9. The van der Waals surface area contributed by atoms with Gasteiger partial charge in [-0.25, -0.2) is 0 Å². The lowest BCUT2D eigenvalue weighted by atomic mass is 10.2. The van der Waals surface area contributed by atoms with Crippen molar-refractivity contribution in [2.75, 3.05) is 19.8 Å². The second-order valence-corrected chi connectivity index (χ2v) is 4.83. The number of halogens is 2. The van der Waals surface area contributed by atoms with Crippen molar-refractivity contribution in [1.82, 2.24) is 5.32 Å². The van der Waals surface area contributed by atoms with E-state index in [1.54, 1.807) is 0 Å². The van der Waals surface area contributed by atoms with Crippen molar-refractivity contribution in [2.24, 2.45) is 0 Å². The lowest BCUT2D eigenvalue weighted by Crippen LogP contribution is -2.19. The number of nitrogens with one attached hydrogen (secondary N) is 1. The average Bonchev–Trinajstić information content (AvgIpc) is 2.23. The summed E-state index contributed by atoms with van der Waals surface area (Å²) in [6.45, 7) is 5.33. The van der Waals surface area contributed by atoms with Crippen molar-refractivity contribution in [3.05, 3.63) is 32.7 Å². The maximum Gasteiger partial charge on any atom is 0.0590 e. The maximum absolute atomic E-state index is 5.24. The van der Waals surface area contributed by atoms with Crippen LogP contribution in [0.25, 0.3) is 0 Å². The topological polar surface area (TPSA) is 21.3 Å². The summed E-state index contributed by atoms with van der Waals surface area (Å²) in [7, 11) is 0. The predicted molar refractivity (Wildman–Crippen MR) is 70.0 cm³/mol. The largest absolute Gasteiger partial charge is 0.380 e. The number of ether oxygens (including phenoxy) is 1. The van der Waals surface area contributed by atoms with Gasteiger partial charge in [-0.2, -0.15) is 0 Å². The van der Waals surface area contributed by atoms with Crippen LogP contribution in [0.1, 0.15) is 12.5 Å². The van der Waals surface area contributed by atoms with Crippen LogP contribution < -0.4 is 5.32 Å². The van der Waals surface area contributed by atoms with Crippen molar-refractivity contribution in [2.45, 2.75) is 13.5 Å². The second-order valence-electron chi connectivity index (χ2n) is 3.12. The van der Waals surface area contributed by atoms with E-state index >= 15 is 0 Å². The lowest BCUT2D eigenvalue weighted by Gasteiger charge is -2.06. The van der Waals surface area contributed by atoms with Crippen molar-refractivity contribution in [1.29, 1.82) is 0 Å². The van der Waals surface area contributed by atoms with E-state index in [0.29, 0.717) is 0 Å². The van der Waals surface area contributed by atoms with Crippen LogP contribution in [0.3, 0.4) is 0 Å². The average molecular weight is 337 g/mol. The van der Waals surface area contributed by atoms with Gasteiger partial charge in [0.1, 0.15) is 0 Å². The number of hydrogen-bond donors (Lipinski definition) is 1. The minimum atomic E-state index is 0.772. The van der Waals surface area contributed by atoms with E-state index in [9.17, 15) is 0 Å². The van der Waals surface area contributed by atoms with Crippen LogP contribution in [-0.4, -0.2) is 19.8 Å². The van der Waals surface area contributed by atoms with Crippen LogP contribution in [0.4, 0.5) is 0 Å². The van der Waals surface area contributed by atoms with Crippen LogP contribution in [0.2, 0.25) is 0 Å². The molecule has 0 atom stereocenters. The summed E-state index contributed by atoms with van der Waals surface area (Å²) in [4.78, 5) is 0. The third kappa shape index (κ3) is 5.11. The molecule has 1 aromatic carbocycles. The van der Waals surface area contributed by atoms with E-state index in [1.807, 2.05) is 13.0 Å². The van der Waals surface area contributed by atoms with Gasteiger partial charge >= 0.3 is 0 Å². The van der Waals surface area contributed by atoms with Crippen LogP contribution >= 0.6 is 31.9 Å². The van der Waals surface area contributed by atoms with Gasteiger partial charge < -0.3 is 10.1 Å². The molecule has 0 saturated heterocycles. The van der Waals surface area contributed by atoms with E-state index in [2.05, 4.69) is 49.3 Å². The molecule has 0 saturated carbocycles. The van der Waals surface area contributed by atoms with Gasteiger partial charge in [-0.3, -0.25) is 0 Å². The molecule has 0 bridgehead atoms. The van der Waals surface area contributed by atoms with Gasteiger partial charge in [0.2, 0.25) is 0 Å². The molecule has 0 heterocycles. The molecule has 0 radical (unpaired) electrons. The summed E-state index contributed by atoms with van der Waals surface area (Å²) in [5.41, 5.74) is 1.27. The molecule has 0 aliphatic heterocycles. The predicted octanol–water partition coefficient (Wildman–Crippen LogP) is 3.34. The standard InChI is InChI=1S/C11H15Br2NO/c1-2-15-6-5-14-8-9-3-4-10(12)11(13)7-9/h3-4,7,14H,2,5-6,8H2,1H3. The van der Waals surface area contributed by atoms with Crippen LogP contribution in [0, 0.1) is 0 Å². The zero-order valence-corrected chi connectivity index (χ0v) is 11.9. The Balaban J connectivity index is 2.28. The quantitative estimate of drug-likeness (QED) is 0.804. The first-order valence-electron chi connectivity index (χ1n) is 4.96. The molecular formula is C11H15Br2NO. The normalized spacial score (nSPS) is 10.6. The minimum Gasteiger partial charge on any atom is -0.380 e. The Kier molecular flexibility index (Phi) is 6.48. The van der Waals surface area contributed by atoms with E-state index in [0.717, 1.165) is 35.2 Å². The Hall–Kier alpha value is 0.1000. The summed E-state index contributed by atoms with van der Waals surface area (Å²) < 4.78 is 7.41. The first kappa shape index (κ1) is 13.2. The highest BCUT2D eigenvalue weighted by Crippen LogP contribution is 2.23. The summed E-state index contributed by atoms with van der Waals surface area (Å²) in [5, 5.41) is 3.32. The SMILES string of the molecule is CCOCCNCc1ccc(Br)c(Br)c1. The molecule has 0 spiro atoms. The maximum atomic E-state index is 5.24. The fraction of sp³-hybridized carbons (Fsp3) is 0.455. The Labute approximate surface area is 108 Å². The molecule has 0 aliphatic rings. The Bertz CT molecular complexity index is 305. The monoisotopic (exact) mass is 335 g/mol. The second kappa shape index (κ2) is 7.39. The number of benzene rings is 1.